The number of rotatable bonds is 2. The number of benzene rings is 2. The van der Waals surface area contributed by atoms with Crippen molar-refractivity contribution in [1.29, 1.82) is 0 Å². The maximum Gasteiger partial charge on any atom is 0.0522 e. The monoisotopic (exact) mass is 268 g/mol. The number of hydrogen-bond acceptors (Lipinski definition) is 0. The Bertz CT molecular complexity index is 566. The molecule has 1 aliphatic rings. The molecule has 2 aromatic carbocycles. The zero-order valence-electron chi connectivity index (χ0n) is 10.9. The van der Waals surface area contributed by atoms with E-state index in [1.165, 1.54) is 28.7 Å². The van der Waals surface area contributed by atoms with E-state index >= 15 is 0 Å². The van der Waals surface area contributed by atoms with Crippen LogP contribution in [0.15, 0.2) is 60.7 Å². The first kappa shape index (κ1) is 12.5. The van der Waals surface area contributed by atoms with Crippen molar-refractivity contribution in [1.82, 2.24) is 0 Å². The van der Waals surface area contributed by atoms with Crippen molar-refractivity contribution in [3.05, 3.63) is 66.2 Å². The van der Waals surface area contributed by atoms with Crippen LogP contribution in [0.25, 0.3) is 16.7 Å². The molecule has 1 atom stereocenters. The van der Waals surface area contributed by atoms with Crippen LogP contribution in [-0.2, 0) is 0 Å². The van der Waals surface area contributed by atoms with E-state index in [1.807, 2.05) is 6.07 Å². The molecule has 0 spiro atoms. The Morgan fingerprint density at radius 3 is 2.11 bits per heavy atom. The molecule has 2 aromatic rings. The van der Waals surface area contributed by atoms with Crippen LogP contribution in [0.1, 0.15) is 24.8 Å². The van der Waals surface area contributed by atoms with Gasteiger partial charge >= 0.3 is 0 Å². The third-order valence-electron chi connectivity index (χ3n) is 3.67. The summed E-state index contributed by atoms with van der Waals surface area (Å²) in [5.74, 6) is 0. The smallest absolute Gasteiger partial charge is 0.0522 e. The highest BCUT2D eigenvalue weighted by Crippen LogP contribution is 2.30. The molecule has 0 aliphatic heterocycles. The fourth-order valence-corrected chi connectivity index (χ4v) is 2.93. The lowest BCUT2D eigenvalue weighted by Crippen LogP contribution is -2.02. The first-order valence-electron chi connectivity index (χ1n) is 6.83. The highest BCUT2D eigenvalue weighted by molar-refractivity contribution is 6.22. The Labute approximate surface area is 119 Å². The first-order valence-corrected chi connectivity index (χ1v) is 7.27. The highest BCUT2D eigenvalue weighted by atomic mass is 35.5. The van der Waals surface area contributed by atoms with E-state index in [-0.39, 0.29) is 5.38 Å². The predicted molar refractivity (Wildman–Crippen MR) is 83.3 cm³/mol. The van der Waals surface area contributed by atoms with Crippen LogP contribution >= 0.6 is 11.6 Å². The van der Waals surface area contributed by atoms with Gasteiger partial charge in [0.15, 0.2) is 0 Å². The minimum atomic E-state index is 0.206. The van der Waals surface area contributed by atoms with Crippen LogP contribution in [0, 0.1) is 0 Å². The lowest BCUT2D eigenvalue weighted by molar-refractivity contribution is 0.747. The Morgan fingerprint density at radius 1 is 0.789 bits per heavy atom. The molecule has 0 heterocycles. The normalized spacial score (nSPS) is 19.0. The van der Waals surface area contributed by atoms with E-state index in [2.05, 4.69) is 54.6 Å². The van der Waals surface area contributed by atoms with Crippen molar-refractivity contribution >= 4 is 17.2 Å². The molecule has 19 heavy (non-hydrogen) atoms. The van der Waals surface area contributed by atoms with Crippen LogP contribution in [-0.4, -0.2) is 5.38 Å². The third-order valence-corrected chi connectivity index (χ3v) is 4.02. The number of halogens is 1. The quantitative estimate of drug-likeness (QED) is 0.629. The Morgan fingerprint density at radius 2 is 1.42 bits per heavy atom. The molecule has 3 rings (SSSR count). The van der Waals surface area contributed by atoms with Gasteiger partial charge in [-0.2, -0.15) is 0 Å². The summed E-state index contributed by atoms with van der Waals surface area (Å²) in [5.41, 5.74) is 5.24. The molecule has 0 amide bonds. The number of hydrogen-bond donors (Lipinski definition) is 0. The van der Waals surface area contributed by atoms with Gasteiger partial charge in [-0.25, -0.2) is 0 Å². The zero-order chi connectivity index (χ0) is 13.1. The molecule has 1 unspecified atom stereocenters. The summed E-state index contributed by atoms with van der Waals surface area (Å²) in [7, 11) is 0. The molecule has 0 saturated heterocycles. The summed E-state index contributed by atoms with van der Waals surface area (Å²) in [6.45, 7) is 0. The zero-order valence-corrected chi connectivity index (χ0v) is 11.6. The molecule has 0 nitrogen and oxygen atoms in total. The van der Waals surface area contributed by atoms with Gasteiger partial charge in [-0.05, 0) is 41.5 Å². The minimum Gasteiger partial charge on any atom is -0.118 e. The maximum atomic E-state index is 6.21. The molecular formula is C18H17Cl. The van der Waals surface area contributed by atoms with Crippen molar-refractivity contribution in [2.45, 2.75) is 24.6 Å². The van der Waals surface area contributed by atoms with Crippen molar-refractivity contribution in [2.75, 3.05) is 0 Å². The molecule has 0 bridgehead atoms. The van der Waals surface area contributed by atoms with Crippen LogP contribution < -0.4 is 0 Å². The lowest BCUT2D eigenvalue weighted by Gasteiger charge is -2.17. The van der Waals surface area contributed by atoms with Gasteiger partial charge in [0.05, 0.1) is 5.38 Å². The molecule has 1 heteroatoms. The lowest BCUT2D eigenvalue weighted by atomic mass is 9.92. The third kappa shape index (κ3) is 2.90. The highest BCUT2D eigenvalue weighted by Gasteiger charge is 2.12. The second-order valence-corrected chi connectivity index (χ2v) is 5.60. The molecule has 0 radical (unpaired) electrons. The number of allylic oxidation sites excluding steroid dienone is 2. The average Bonchev–Trinajstić information content (AvgIpc) is 2.48. The van der Waals surface area contributed by atoms with Crippen molar-refractivity contribution in [3.63, 3.8) is 0 Å². The van der Waals surface area contributed by atoms with Gasteiger partial charge in [0.1, 0.15) is 0 Å². The summed E-state index contributed by atoms with van der Waals surface area (Å²) in [6.07, 6.45) is 5.66. The standard InChI is InChI=1S/C18H17Cl/c19-18-8-4-7-17(13-18)16-11-9-15(10-12-16)14-5-2-1-3-6-14/h1-3,5-6,9-13,18H,4,7-8H2. The van der Waals surface area contributed by atoms with E-state index in [9.17, 15) is 0 Å². The van der Waals surface area contributed by atoms with Gasteiger partial charge in [-0.3, -0.25) is 0 Å². The Balaban J connectivity index is 1.87. The van der Waals surface area contributed by atoms with Crippen LogP contribution in [0.3, 0.4) is 0 Å². The fourth-order valence-electron chi connectivity index (χ4n) is 2.62. The van der Waals surface area contributed by atoms with E-state index in [0.29, 0.717) is 0 Å². The summed E-state index contributed by atoms with van der Waals surface area (Å²) in [4.78, 5) is 0. The summed E-state index contributed by atoms with van der Waals surface area (Å²) < 4.78 is 0. The van der Waals surface area contributed by atoms with E-state index in [0.717, 1.165) is 12.8 Å². The molecule has 96 valence electrons. The largest absolute Gasteiger partial charge is 0.118 e. The van der Waals surface area contributed by atoms with Gasteiger partial charge in [0, 0.05) is 0 Å². The molecular weight excluding hydrogens is 252 g/mol. The topological polar surface area (TPSA) is 0 Å². The number of alkyl halides is 1. The van der Waals surface area contributed by atoms with Gasteiger partial charge in [-0.1, -0.05) is 60.7 Å². The Hall–Kier alpha value is -1.53. The second-order valence-electron chi connectivity index (χ2n) is 5.04. The molecule has 0 N–H and O–H groups in total. The van der Waals surface area contributed by atoms with Crippen molar-refractivity contribution in [2.24, 2.45) is 0 Å². The van der Waals surface area contributed by atoms with Gasteiger partial charge in [0.2, 0.25) is 0 Å². The average molecular weight is 269 g/mol. The summed E-state index contributed by atoms with van der Waals surface area (Å²) in [5, 5.41) is 0.206. The fraction of sp³-hybridized carbons (Fsp3) is 0.222. The Kier molecular flexibility index (Phi) is 3.70. The maximum absolute atomic E-state index is 6.21. The van der Waals surface area contributed by atoms with Gasteiger partial charge in [0.25, 0.3) is 0 Å². The van der Waals surface area contributed by atoms with Crippen molar-refractivity contribution < 1.29 is 0 Å². The first-order chi connectivity index (χ1) is 9.33. The van der Waals surface area contributed by atoms with Crippen LogP contribution in [0.4, 0.5) is 0 Å². The summed E-state index contributed by atoms with van der Waals surface area (Å²) in [6, 6.07) is 19.3. The predicted octanol–water partition coefficient (Wildman–Crippen LogP) is 5.53. The molecule has 0 saturated carbocycles. The molecule has 0 fully saturated rings. The van der Waals surface area contributed by atoms with Crippen LogP contribution in [0.2, 0.25) is 0 Å². The SMILES string of the molecule is ClC1C=C(c2ccc(-c3ccccc3)cc2)CCC1. The minimum absolute atomic E-state index is 0.206. The second kappa shape index (κ2) is 5.63. The van der Waals surface area contributed by atoms with Crippen LogP contribution in [0.5, 0.6) is 0 Å². The van der Waals surface area contributed by atoms with Gasteiger partial charge in [-0.15, -0.1) is 11.6 Å². The molecule has 0 aromatic heterocycles. The summed E-state index contributed by atoms with van der Waals surface area (Å²) >= 11 is 6.21. The molecule has 1 aliphatic carbocycles. The van der Waals surface area contributed by atoms with E-state index in [1.54, 1.807) is 0 Å². The van der Waals surface area contributed by atoms with Gasteiger partial charge < -0.3 is 0 Å². The van der Waals surface area contributed by atoms with Crippen molar-refractivity contribution in [3.8, 4) is 11.1 Å². The van der Waals surface area contributed by atoms with E-state index in [4.69, 9.17) is 11.6 Å². The van der Waals surface area contributed by atoms with E-state index < -0.39 is 0 Å².